The van der Waals surface area contributed by atoms with Gasteiger partial charge in [0.25, 0.3) is 11.8 Å². The van der Waals surface area contributed by atoms with Crippen LogP contribution in [0.15, 0.2) is 67.1 Å². The normalized spacial score (nSPS) is 10.4. The van der Waals surface area contributed by atoms with Gasteiger partial charge in [0.15, 0.2) is 0 Å². The summed E-state index contributed by atoms with van der Waals surface area (Å²) in [5, 5.41) is 3.42. The Hall–Kier alpha value is -3.92. The number of halogens is 3. The second-order valence-corrected chi connectivity index (χ2v) is 8.45. The minimum Gasteiger partial charge on any atom is -0.495 e. The van der Waals surface area contributed by atoms with Gasteiger partial charge in [-0.05, 0) is 48.5 Å². The highest BCUT2D eigenvalue weighted by atomic mass is 35.5. The zero-order valence-corrected chi connectivity index (χ0v) is 20.8. The van der Waals surface area contributed by atoms with Crippen molar-refractivity contribution in [3.63, 3.8) is 0 Å². The molecule has 0 fully saturated rings. The van der Waals surface area contributed by atoms with E-state index in [1.54, 1.807) is 30.7 Å². The predicted molar refractivity (Wildman–Crippen MR) is 138 cm³/mol. The fourth-order valence-electron chi connectivity index (χ4n) is 3.17. The molecule has 0 saturated carbocycles. The van der Waals surface area contributed by atoms with Gasteiger partial charge in [0.2, 0.25) is 5.95 Å². The van der Waals surface area contributed by atoms with Crippen molar-refractivity contribution < 1.29 is 14.3 Å². The van der Waals surface area contributed by atoms with E-state index in [9.17, 15) is 9.59 Å². The van der Waals surface area contributed by atoms with Gasteiger partial charge >= 0.3 is 0 Å². The van der Waals surface area contributed by atoms with Gasteiger partial charge in [-0.2, -0.15) is 0 Å². The van der Waals surface area contributed by atoms with E-state index in [2.05, 4.69) is 31.1 Å². The number of hydrogen-bond acceptors (Lipinski definition) is 7. The van der Waals surface area contributed by atoms with Crippen LogP contribution >= 0.6 is 34.8 Å². The minimum absolute atomic E-state index is 0.0224. The fourth-order valence-corrected chi connectivity index (χ4v) is 4.16. The van der Waals surface area contributed by atoms with Crippen molar-refractivity contribution in [1.82, 2.24) is 25.8 Å². The average molecular weight is 544 g/mol. The smallest absolute Gasteiger partial charge is 0.272 e. The summed E-state index contributed by atoms with van der Waals surface area (Å²) in [6.45, 7) is 0. The molecule has 0 atom stereocenters. The Morgan fingerprint density at radius 1 is 0.917 bits per heavy atom. The van der Waals surface area contributed by atoms with E-state index in [1.165, 1.54) is 31.4 Å². The van der Waals surface area contributed by atoms with Crippen LogP contribution in [0.5, 0.6) is 5.75 Å². The van der Waals surface area contributed by atoms with Crippen molar-refractivity contribution in [2.45, 2.75) is 0 Å². The third-order valence-electron chi connectivity index (χ3n) is 4.84. The molecule has 4 rings (SSSR count). The minimum atomic E-state index is -0.706. The van der Waals surface area contributed by atoms with Crippen LogP contribution in [-0.4, -0.2) is 33.9 Å². The number of hydrazine groups is 1. The van der Waals surface area contributed by atoms with E-state index < -0.39 is 11.8 Å². The fraction of sp³-hybridized carbons (Fsp3) is 0.0417. The van der Waals surface area contributed by atoms with Gasteiger partial charge in [-0.1, -0.05) is 34.8 Å². The molecule has 0 spiro atoms. The van der Waals surface area contributed by atoms with Gasteiger partial charge in [0, 0.05) is 34.7 Å². The Kier molecular flexibility index (Phi) is 7.84. The van der Waals surface area contributed by atoms with Gasteiger partial charge in [-0.25, -0.2) is 9.97 Å². The maximum Gasteiger partial charge on any atom is 0.272 e. The van der Waals surface area contributed by atoms with E-state index in [1.807, 2.05) is 12.1 Å². The van der Waals surface area contributed by atoms with E-state index in [0.717, 1.165) is 5.56 Å². The lowest BCUT2D eigenvalue weighted by atomic mass is 10.1. The molecule has 0 bridgehead atoms. The number of pyridine rings is 1. The van der Waals surface area contributed by atoms with Crippen LogP contribution in [0.1, 0.15) is 20.7 Å². The quantitative estimate of drug-likeness (QED) is 0.281. The Morgan fingerprint density at radius 3 is 2.36 bits per heavy atom. The number of anilines is 2. The molecule has 12 heteroatoms. The molecule has 36 heavy (non-hydrogen) atoms. The number of benzene rings is 2. The highest BCUT2D eigenvalue weighted by Gasteiger charge is 2.18. The first kappa shape index (κ1) is 25.2. The number of ether oxygens (including phenoxy) is 1. The molecule has 2 aromatic carbocycles. The number of hydrogen-bond donors (Lipinski definition) is 3. The number of rotatable bonds is 6. The van der Waals surface area contributed by atoms with Crippen LogP contribution < -0.4 is 20.9 Å². The summed E-state index contributed by atoms with van der Waals surface area (Å²) in [4.78, 5) is 38.1. The number of aromatic nitrogens is 3. The van der Waals surface area contributed by atoms with Crippen LogP contribution in [0, 0.1) is 0 Å². The summed E-state index contributed by atoms with van der Waals surface area (Å²) >= 11 is 18.0. The summed E-state index contributed by atoms with van der Waals surface area (Å²) in [6.07, 6.45) is 4.96. The van der Waals surface area contributed by atoms with E-state index in [4.69, 9.17) is 39.5 Å². The van der Waals surface area contributed by atoms with Crippen molar-refractivity contribution in [1.29, 1.82) is 0 Å². The second-order valence-electron chi connectivity index (χ2n) is 7.20. The highest BCUT2D eigenvalue weighted by molar-refractivity contribution is 6.42. The average Bonchev–Trinajstić information content (AvgIpc) is 2.87. The van der Waals surface area contributed by atoms with Gasteiger partial charge in [0.1, 0.15) is 5.75 Å². The SMILES string of the molecule is COc1ccc(C(=O)NNC(=O)c2c(Cl)cc(Cl)cc2Cl)cc1Nc1nccc(-c2cccnc2)n1. The molecule has 0 aliphatic carbocycles. The molecule has 0 radical (unpaired) electrons. The van der Waals surface area contributed by atoms with Crippen molar-refractivity contribution >= 4 is 58.3 Å². The number of carbonyl (C=O) groups is 2. The van der Waals surface area contributed by atoms with Crippen molar-refractivity contribution in [3.05, 3.63) is 93.3 Å². The number of carbonyl (C=O) groups excluding carboxylic acids is 2. The zero-order chi connectivity index (χ0) is 25.7. The summed E-state index contributed by atoms with van der Waals surface area (Å²) in [5.74, 6) is -0.569. The largest absolute Gasteiger partial charge is 0.495 e. The zero-order valence-electron chi connectivity index (χ0n) is 18.6. The lowest BCUT2D eigenvalue weighted by Crippen LogP contribution is -2.41. The number of amides is 2. The molecule has 4 aromatic rings. The molecular formula is C24H17Cl3N6O3. The van der Waals surface area contributed by atoms with Crippen molar-refractivity contribution in [2.24, 2.45) is 0 Å². The molecule has 0 saturated heterocycles. The topological polar surface area (TPSA) is 118 Å². The van der Waals surface area contributed by atoms with Crippen LogP contribution in [0.2, 0.25) is 15.1 Å². The first-order valence-electron chi connectivity index (χ1n) is 10.3. The third-order valence-corrected chi connectivity index (χ3v) is 5.66. The van der Waals surface area contributed by atoms with E-state index >= 15 is 0 Å². The van der Waals surface area contributed by atoms with Gasteiger partial charge < -0.3 is 10.1 Å². The predicted octanol–water partition coefficient (Wildman–Crippen LogP) is 5.33. The van der Waals surface area contributed by atoms with Gasteiger partial charge in [0.05, 0.1) is 34.1 Å². The highest BCUT2D eigenvalue weighted by Crippen LogP contribution is 2.30. The number of nitrogens with zero attached hydrogens (tertiary/aromatic N) is 3. The molecule has 2 aromatic heterocycles. The monoisotopic (exact) mass is 542 g/mol. The Balaban J connectivity index is 1.51. The number of methoxy groups -OCH3 is 1. The van der Waals surface area contributed by atoms with Crippen LogP contribution in [-0.2, 0) is 0 Å². The molecule has 0 unspecified atom stereocenters. The van der Waals surface area contributed by atoms with Crippen LogP contribution in [0.3, 0.4) is 0 Å². The molecule has 2 heterocycles. The van der Waals surface area contributed by atoms with E-state index in [-0.39, 0.29) is 32.1 Å². The maximum absolute atomic E-state index is 12.7. The van der Waals surface area contributed by atoms with E-state index in [0.29, 0.717) is 17.1 Å². The first-order chi connectivity index (χ1) is 17.4. The molecule has 0 aliphatic rings. The molecule has 0 aliphatic heterocycles. The van der Waals surface area contributed by atoms with Crippen molar-refractivity contribution in [3.8, 4) is 17.0 Å². The second kappa shape index (κ2) is 11.2. The first-order valence-corrected chi connectivity index (χ1v) is 11.4. The molecule has 9 nitrogen and oxygen atoms in total. The van der Waals surface area contributed by atoms with Crippen LogP contribution in [0.4, 0.5) is 11.6 Å². The van der Waals surface area contributed by atoms with Gasteiger partial charge in [-0.3, -0.25) is 25.4 Å². The third kappa shape index (κ3) is 5.83. The lowest BCUT2D eigenvalue weighted by molar-refractivity contribution is 0.0847. The molecule has 2 amide bonds. The molecule has 3 N–H and O–H groups in total. The molecule has 182 valence electrons. The molecular weight excluding hydrogens is 527 g/mol. The summed E-state index contributed by atoms with van der Waals surface area (Å²) in [6, 6.07) is 12.8. The summed E-state index contributed by atoms with van der Waals surface area (Å²) in [5.41, 5.74) is 6.73. The number of nitrogens with one attached hydrogen (secondary N) is 3. The maximum atomic E-state index is 12.7. The standard InChI is InChI=1S/C24H17Cl3N6O3/c1-36-20-5-4-13(22(34)32-33-23(35)21-16(26)10-15(25)11-17(21)27)9-19(20)31-24-29-8-6-18(30-24)14-3-2-7-28-12-14/h2-12H,1H3,(H,32,34)(H,33,35)(H,29,30,31). The summed E-state index contributed by atoms with van der Waals surface area (Å²) in [7, 11) is 1.49. The van der Waals surface area contributed by atoms with Crippen molar-refractivity contribution in [2.75, 3.05) is 12.4 Å². The lowest BCUT2D eigenvalue weighted by Gasteiger charge is -2.13. The summed E-state index contributed by atoms with van der Waals surface area (Å²) < 4.78 is 5.39. The Labute approximate surface area is 220 Å². The van der Waals surface area contributed by atoms with Gasteiger partial charge in [-0.15, -0.1) is 0 Å². The van der Waals surface area contributed by atoms with Crippen LogP contribution in [0.25, 0.3) is 11.3 Å². The Morgan fingerprint density at radius 2 is 1.67 bits per heavy atom. The Bertz CT molecular complexity index is 1410.